The van der Waals surface area contributed by atoms with E-state index in [-0.39, 0.29) is 34.4 Å². The predicted octanol–water partition coefficient (Wildman–Crippen LogP) is 1.79. The number of hydrogen-bond acceptors (Lipinski definition) is 4. The molecule has 0 fully saturated rings. The van der Waals surface area contributed by atoms with E-state index in [2.05, 4.69) is 15.3 Å². The van der Waals surface area contributed by atoms with E-state index in [1.165, 1.54) is 18.3 Å². The highest BCUT2D eigenvalue weighted by molar-refractivity contribution is 7.71. The largest absolute Gasteiger partial charge is 0.384 e. The zero-order valence-corrected chi connectivity index (χ0v) is 10.6. The van der Waals surface area contributed by atoms with Crippen LogP contribution in [0.3, 0.4) is 0 Å². The Labute approximate surface area is 113 Å². The topological polar surface area (TPSA) is 83.8 Å². The summed E-state index contributed by atoms with van der Waals surface area (Å²) < 4.78 is 12.9. The van der Waals surface area contributed by atoms with E-state index in [0.29, 0.717) is 0 Å². The third-order valence-electron chi connectivity index (χ3n) is 2.45. The van der Waals surface area contributed by atoms with Crippen molar-refractivity contribution in [3.63, 3.8) is 0 Å². The van der Waals surface area contributed by atoms with Gasteiger partial charge in [0.25, 0.3) is 5.91 Å². The molecule has 0 saturated heterocycles. The molecule has 98 valence electrons. The molecule has 0 aliphatic carbocycles. The molecular weight excluding hydrogens is 267 g/mol. The molecular formula is C12H11FN4OS. The van der Waals surface area contributed by atoms with Crippen molar-refractivity contribution >= 4 is 23.9 Å². The normalized spacial score (nSPS) is 10.2. The summed E-state index contributed by atoms with van der Waals surface area (Å²) >= 11 is 4.79. The van der Waals surface area contributed by atoms with Crippen LogP contribution in [0.1, 0.15) is 15.9 Å². The van der Waals surface area contributed by atoms with Crippen LogP contribution < -0.4 is 11.1 Å². The minimum absolute atomic E-state index is 0.164. The van der Waals surface area contributed by atoms with Crippen molar-refractivity contribution in [3.05, 3.63) is 52.2 Å². The van der Waals surface area contributed by atoms with Crippen molar-refractivity contribution in [2.75, 3.05) is 5.73 Å². The molecule has 0 aliphatic rings. The first kappa shape index (κ1) is 13.2. The van der Waals surface area contributed by atoms with Gasteiger partial charge in [-0.3, -0.25) is 4.79 Å². The number of H-pyrrole nitrogens is 1. The molecule has 0 aliphatic heterocycles. The third kappa shape index (κ3) is 3.35. The maximum absolute atomic E-state index is 12.7. The highest BCUT2D eigenvalue weighted by atomic mass is 32.1. The lowest BCUT2D eigenvalue weighted by atomic mass is 10.2. The minimum Gasteiger partial charge on any atom is -0.384 e. The monoisotopic (exact) mass is 278 g/mol. The summed E-state index contributed by atoms with van der Waals surface area (Å²) in [5, 5.41) is 2.66. The Morgan fingerprint density at radius 1 is 1.42 bits per heavy atom. The lowest BCUT2D eigenvalue weighted by Gasteiger charge is -2.07. The van der Waals surface area contributed by atoms with Gasteiger partial charge in [-0.15, -0.1) is 0 Å². The van der Waals surface area contributed by atoms with Gasteiger partial charge in [0, 0.05) is 12.7 Å². The lowest BCUT2D eigenvalue weighted by molar-refractivity contribution is 0.0951. The van der Waals surface area contributed by atoms with Gasteiger partial charge < -0.3 is 16.0 Å². The molecule has 19 heavy (non-hydrogen) atoms. The maximum atomic E-state index is 12.7. The zero-order valence-electron chi connectivity index (χ0n) is 9.81. The fraction of sp³-hybridized carbons (Fsp3) is 0.0833. The number of benzene rings is 1. The number of nitrogens with one attached hydrogen (secondary N) is 2. The van der Waals surface area contributed by atoms with E-state index < -0.39 is 0 Å². The molecule has 0 atom stereocenters. The Balaban J connectivity index is 2.05. The standard InChI is InChI=1S/C12H11FN4OS/c13-8-3-1-7(2-4-8)5-15-11(18)9-6-16-12(19)17-10(9)14/h1-4,6H,5H2,(H,15,18)(H3,14,16,17,19). The summed E-state index contributed by atoms with van der Waals surface area (Å²) in [6.45, 7) is 0.272. The minimum atomic E-state index is -0.374. The molecule has 1 aromatic heterocycles. The van der Waals surface area contributed by atoms with Gasteiger partial charge in [0.05, 0.1) is 5.56 Å². The van der Waals surface area contributed by atoms with Crippen LogP contribution in [0.5, 0.6) is 0 Å². The number of hydrogen-bond donors (Lipinski definition) is 3. The molecule has 0 spiro atoms. The van der Waals surface area contributed by atoms with Crippen molar-refractivity contribution in [2.45, 2.75) is 6.54 Å². The molecule has 0 unspecified atom stereocenters. The van der Waals surface area contributed by atoms with Crippen LogP contribution >= 0.6 is 12.2 Å². The Morgan fingerprint density at radius 2 is 2.11 bits per heavy atom. The summed E-state index contributed by atoms with van der Waals surface area (Å²) in [5.74, 6) is -0.531. The number of carbonyl (C=O) groups excluding carboxylic acids is 1. The van der Waals surface area contributed by atoms with Gasteiger partial charge in [0.2, 0.25) is 0 Å². The molecule has 1 aromatic carbocycles. The molecule has 5 nitrogen and oxygen atoms in total. The van der Waals surface area contributed by atoms with E-state index >= 15 is 0 Å². The van der Waals surface area contributed by atoms with Crippen LogP contribution in [0.4, 0.5) is 10.2 Å². The molecule has 1 heterocycles. The van der Waals surface area contributed by atoms with Crippen molar-refractivity contribution in [1.82, 2.24) is 15.3 Å². The van der Waals surface area contributed by atoms with E-state index in [0.717, 1.165) is 5.56 Å². The van der Waals surface area contributed by atoms with Crippen molar-refractivity contribution < 1.29 is 9.18 Å². The predicted molar refractivity (Wildman–Crippen MR) is 71.4 cm³/mol. The first-order chi connectivity index (χ1) is 9.06. The van der Waals surface area contributed by atoms with Gasteiger partial charge in [0.15, 0.2) is 4.77 Å². The Bertz CT molecular complexity index is 654. The number of anilines is 1. The fourth-order valence-corrected chi connectivity index (χ4v) is 1.63. The quantitative estimate of drug-likeness (QED) is 0.747. The lowest BCUT2D eigenvalue weighted by Crippen LogP contribution is -2.24. The second-order valence-electron chi connectivity index (χ2n) is 3.82. The van der Waals surface area contributed by atoms with E-state index in [9.17, 15) is 9.18 Å². The van der Waals surface area contributed by atoms with Crippen LogP contribution in [-0.4, -0.2) is 15.9 Å². The van der Waals surface area contributed by atoms with Crippen molar-refractivity contribution in [2.24, 2.45) is 0 Å². The molecule has 0 radical (unpaired) electrons. The molecule has 7 heteroatoms. The Morgan fingerprint density at radius 3 is 2.74 bits per heavy atom. The molecule has 1 amide bonds. The summed E-state index contributed by atoms with van der Waals surface area (Å²) in [7, 11) is 0. The summed E-state index contributed by atoms with van der Waals surface area (Å²) in [6.07, 6.45) is 1.31. The van der Waals surface area contributed by atoms with Gasteiger partial charge in [-0.2, -0.15) is 0 Å². The summed E-state index contributed by atoms with van der Waals surface area (Å²) in [4.78, 5) is 18.3. The number of rotatable bonds is 3. The number of carbonyl (C=O) groups is 1. The van der Waals surface area contributed by atoms with Crippen LogP contribution in [-0.2, 0) is 6.54 Å². The second kappa shape index (κ2) is 5.57. The van der Waals surface area contributed by atoms with Crippen LogP contribution in [0.25, 0.3) is 0 Å². The molecule has 0 saturated carbocycles. The van der Waals surface area contributed by atoms with Gasteiger partial charge in [-0.05, 0) is 29.9 Å². The average molecular weight is 278 g/mol. The summed E-state index contributed by atoms with van der Waals surface area (Å²) in [6, 6.07) is 5.85. The van der Waals surface area contributed by atoms with Gasteiger partial charge in [-0.1, -0.05) is 12.1 Å². The number of nitrogens with zero attached hydrogens (tertiary/aromatic N) is 1. The van der Waals surface area contributed by atoms with E-state index in [1.807, 2.05) is 0 Å². The number of nitrogens with two attached hydrogens (primary N) is 1. The summed E-state index contributed by atoms with van der Waals surface area (Å²) in [5.41, 5.74) is 6.64. The van der Waals surface area contributed by atoms with Crippen molar-refractivity contribution in [1.29, 1.82) is 0 Å². The van der Waals surface area contributed by atoms with Gasteiger partial charge >= 0.3 is 0 Å². The van der Waals surface area contributed by atoms with E-state index in [4.69, 9.17) is 18.0 Å². The number of aromatic amines is 1. The van der Waals surface area contributed by atoms with E-state index in [1.54, 1.807) is 12.1 Å². The molecule has 4 N–H and O–H groups in total. The molecule has 2 aromatic rings. The third-order valence-corrected chi connectivity index (χ3v) is 2.66. The fourth-order valence-electron chi connectivity index (χ4n) is 1.47. The smallest absolute Gasteiger partial charge is 0.256 e. The van der Waals surface area contributed by atoms with Crippen LogP contribution in [0.15, 0.2) is 30.5 Å². The maximum Gasteiger partial charge on any atom is 0.256 e. The number of aromatic nitrogens is 2. The van der Waals surface area contributed by atoms with Gasteiger partial charge in [-0.25, -0.2) is 9.37 Å². The van der Waals surface area contributed by atoms with Crippen LogP contribution in [0, 0.1) is 10.6 Å². The SMILES string of the molecule is Nc1[nH]c(=S)ncc1C(=O)NCc1ccc(F)cc1. The first-order valence-electron chi connectivity index (χ1n) is 5.43. The average Bonchev–Trinajstić information content (AvgIpc) is 2.37. The first-order valence-corrected chi connectivity index (χ1v) is 5.84. The number of halogens is 1. The molecule has 2 rings (SSSR count). The highest BCUT2D eigenvalue weighted by Gasteiger charge is 2.10. The Kier molecular flexibility index (Phi) is 3.86. The Hall–Kier alpha value is -2.28. The number of amides is 1. The highest BCUT2D eigenvalue weighted by Crippen LogP contribution is 2.07. The van der Waals surface area contributed by atoms with Crippen LogP contribution in [0.2, 0.25) is 0 Å². The number of nitrogen functional groups attached to an aromatic ring is 1. The second-order valence-corrected chi connectivity index (χ2v) is 4.21. The van der Waals surface area contributed by atoms with Gasteiger partial charge in [0.1, 0.15) is 11.6 Å². The molecule has 0 bridgehead atoms. The van der Waals surface area contributed by atoms with Crippen molar-refractivity contribution in [3.8, 4) is 0 Å². The zero-order chi connectivity index (χ0) is 13.8.